The van der Waals surface area contributed by atoms with Gasteiger partial charge in [-0.25, -0.2) is 4.98 Å². The minimum atomic E-state index is 0.500. The lowest BCUT2D eigenvalue weighted by atomic mass is 10.2. The summed E-state index contributed by atoms with van der Waals surface area (Å²) < 4.78 is 15.8. The highest BCUT2D eigenvalue weighted by Gasteiger charge is 2.00. The second-order valence-electron chi connectivity index (χ2n) is 3.97. The van der Waals surface area contributed by atoms with Gasteiger partial charge in [-0.05, 0) is 18.6 Å². The Morgan fingerprint density at radius 2 is 2.00 bits per heavy atom. The van der Waals surface area contributed by atoms with E-state index in [1.807, 2.05) is 19.1 Å². The Balaban J connectivity index is 2.20. The molecular formula is C13H22N2O3. The van der Waals surface area contributed by atoms with E-state index in [1.54, 1.807) is 7.11 Å². The van der Waals surface area contributed by atoms with E-state index in [4.69, 9.17) is 19.9 Å². The summed E-state index contributed by atoms with van der Waals surface area (Å²) in [5.74, 6) is 0.632. The first kappa shape index (κ1) is 14.9. The summed E-state index contributed by atoms with van der Waals surface area (Å²) in [4.78, 5) is 4.29. The second kappa shape index (κ2) is 8.85. The predicted molar refractivity (Wildman–Crippen MR) is 69.7 cm³/mol. The van der Waals surface area contributed by atoms with Crippen LogP contribution in [0, 0.1) is 6.92 Å². The molecule has 1 aromatic heterocycles. The molecule has 102 valence electrons. The van der Waals surface area contributed by atoms with Crippen LogP contribution in [0.3, 0.4) is 0 Å². The summed E-state index contributed by atoms with van der Waals surface area (Å²) in [6, 6.07) is 3.83. The summed E-state index contributed by atoms with van der Waals surface area (Å²) in [5, 5.41) is 0. The monoisotopic (exact) mass is 254 g/mol. The van der Waals surface area contributed by atoms with Crippen LogP contribution in [0.25, 0.3) is 0 Å². The van der Waals surface area contributed by atoms with Gasteiger partial charge in [0.15, 0.2) is 0 Å². The molecule has 5 nitrogen and oxygen atoms in total. The van der Waals surface area contributed by atoms with Gasteiger partial charge in [0.1, 0.15) is 0 Å². The lowest BCUT2D eigenvalue weighted by molar-refractivity contribution is 0.0642. The van der Waals surface area contributed by atoms with Gasteiger partial charge in [-0.1, -0.05) is 0 Å². The number of pyridine rings is 1. The number of aromatic nitrogens is 1. The third kappa shape index (κ3) is 5.95. The molecule has 5 heteroatoms. The number of methoxy groups -OCH3 is 1. The fourth-order valence-electron chi connectivity index (χ4n) is 1.48. The molecule has 0 radical (unpaired) electrons. The minimum absolute atomic E-state index is 0.500. The maximum atomic E-state index is 5.60. The Hall–Kier alpha value is -1.17. The molecule has 0 fully saturated rings. The predicted octanol–water partition coefficient (Wildman–Crippen LogP) is 1.28. The van der Waals surface area contributed by atoms with Gasteiger partial charge in [0, 0.05) is 38.4 Å². The molecule has 18 heavy (non-hydrogen) atoms. The van der Waals surface area contributed by atoms with Crippen LogP contribution in [0.2, 0.25) is 0 Å². The van der Waals surface area contributed by atoms with Gasteiger partial charge >= 0.3 is 0 Å². The molecule has 0 spiro atoms. The molecule has 1 rings (SSSR count). The average Bonchev–Trinajstić information content (AvgIpc) is 2.37. The Morgan fingerprint density at radius 3 is 2.72 bits per heavy atom. The van der Waals surface area contributed by atoms with E-state index in [9.17, 15) is 0 Å². The van der Waals surface area contributed by atoms with Gasteiger partial charge in [-0.3, -0.25) is 0 Å². The van der Waals surface area contributed by atoms with Crippen LogP contribution >= 0.6 is 0 Å². The normalized spacial score (nSPS) is 10.6. The lowest BCUT2D eigenvalue weighted by Gasteiger charge is -2.08. The molecule has 2 N–H and O–H groups in total. The maximum Gasteiger partial charge on any atom is 0.213 e. The first-order valence-corrected chi connectivity index (χ1v) is 6.13. The summed E-state index contributed by atoms with van der Waals surface area (Å²) >= 11 is 0. The number of hydrogen-bond acceptors (Lipinski definition) is 5. The molecule has 1 heterocycles. The fourth-order valence-corrected chi connectivity index (χ4v) is 1.48. The van der Waals surface area contributed by atoms with Gasteiger partial charge in [-0.15, -0.1) is 0 Å². The quantitative estimate of drug-likeness (QED) is 0.672. The molecule has 0 atom stereocenters. The average molecular weight is 254 g/mol. The molecule has 0 saturated heterocycles. The zero-order valence-corrected chi connectivity index (χ0v) is 11.1. The first-order valence-electron chi connectivity index (χ1n) is 6.13. The summed E-state index contributed by atoms with van der Waals surface area (Å²) in [5.41, 5.74) is 7.55. The van der Waals surface area contributed by atoms with Crippen molar-refractivity contribution >= 4 is 0 Å². The molecule has 0 aliphatic carbocycles. The van der Waals surface area contributed by atoms with Crippen LogP contribution in [0.4, 0.5) is 0 Å². The Labute approximate surface area is 108 Å². The maximum absolute atomic E-state index is 5.60. The highest BCUT2D eigenvalue weighted by Crippen LogP contribution is 2.12. The molecule has 0 aromatic carbocycles. The lowest BCUT2D eigenvalue weighted by Crippen LogP contribution is -2.08. The molecule has 0 bridgehead atoms. The van der Waals surface area contributed by atoms with Gasteiger partial charge in [0.25, 0.3) is 0 Å². The topological polar surface area (TPSA) is 66.6 Å². The number of rotatable bonds is 9. The number of nitrogens with zero attached hydrogens (tertiary/aromatic N) is 1. The largest absolute Gasteiger partial charge is 0.478 e. The van der Waals surface area contributed by atoms with Crippen LogP contribution in [-0.4, -0.2) is 38.5 Å². The summed E-state index contributed by atoms with van der Waals surface area (Å²) in [7, 11) is 1.66. The highest BCUT2D eigenvalue weighted by atomic mass is 16.5. The number of nitrogens with two attached hydrogens (primary N) is 1. The van der Waals surface area contributed by atoms with Crippen LogP contribution in [0.15, 0.2) is 12.1 Å². The SMILES string of the molecule is COCCOCCCOc1cc(CN)cc(C)n1. The Morgan fingerprint density at radius 1 is 1.17 bits per heavy atom. The van der Waals surface area contributed by atoms with Gasteiger partial charge < -0.3 is 19.9 Å². The first-order chi connectivity index (χ1) is 8.76. The van der Waals surface area contributed by atoms with E-state index in [-0.39, 0.29) is 0 Å². The van der Waals surface area contributed by atoms with Crippen molar-refractivity contribution < 1.29 is 14.2 Å². The van der Waals surface area contributed by atoms with E-state index in [2.05, 4.69) is 4.98 Å². The summed E-state index contributed by atoms with van der Waals surface area (Å²) in [6.07, 6.45) is 0.831. The fraction of sp³-hybridized carbons (Fsp3) is 0.615. The smallest absolute Gasteiger partial charge is 0.213 e. The minimum Gasteiger partial charge on any atom is -0.478 e. The van der Waals surface area contributed by atoms with Crippen molar-refractivity contribution in [1.29, 1.82) is 0 Å². The molecule has 0 amide bonds. The van der Waals surface area contributed by atoms with E-state index in [1.165, 1.54) is 0 Å². The third-order valence-corrected chi connectivity index (χ3v) is 2.34. The zero-order valence-electron chi connectivity index (χ0n) is 11.1. The van der Waals surface area contributed by atoms with Gasteiger partial charge in [0.2, 0.25) is 5.88 Å². The van der Waals surface area contributed by atoms with Crippen LogP contribution in [-0.2, 0) is 16.0 Å². The second-order valence-corrected chi connectivity index (χ2v) is 3.97. The third-order valence-electron chi connectivity index (χ3n) is 2.34. The Bertz CT molecular complexity index is 345. The highest BCUT2D eigenvalue weighted by molar-refractivity contribution is 5.24. The molecule has 0 aliphatic rings. The number of ether oxygens (including phenoxy) is 3. The Kier molecular flexibility index (Phi) is 7.32. The molecular weight excluding hydrogens is 232 g/mol. The number of aryl methyl sites for hydroxylation is 1. The van der Waals surface area contributed by atoms with E-state index >= 15 is 0 Å². The van der Waals surface area contributed by atoms with Crippen molar-refractivity contribution in [2.24, 2.45) is 5.73 Å². The molecule has 0 unspecified atom stereocenters. The standard InChI is InChI=1S/C13H22N2O3/c1-11-8-12(10-14)9-13(15-11)18-5-3-4-17-7-6-16-2/h8-9H,3-7,10,14H2,1-2H3. The summed E-state index contributed by atoms with van der Waals surface area (Å²) in [6.45, 7) is 4.93. The van der Waals surface area contributed by atoms with Crippen molar-refractivity contribution in [3.05, 3.63) is 23.4 Å². The van der Waals surface area contributed by atoms with Crippen molar-refractivity contribution in [2.45, 2.75) is 19.9 Å². The van der Waals surface area contributed by atoms with Crippen molar-refractivity contribution in [3.63, 3.8) is 0 Å². The molecule has 0 aliphatic heterocycles. The van der Waals surface area contributed by atoms with E-state index in [0.29, 0.717) is 38.9 Å². The van der Waals surface area contributed by atoms with Crippen LogP contribution in [0.5, 0.6) is 5.88 Å². The van der Waals surface area contributed by atoms with E-state index < -0.39 is 0 Å². The van der Waals surface area contributed by atoms with Gasteiger partial charge in [0.05, 0.1) is 19.8 Å². The van der Waals surface area contributed by atoms with Crippen molar-refractivity contribution in [3.8, 4) is 5.88 Å². The van der Waals surface area contributed by atoms with Crippen molar-refractivity contribution in [1.82, 2.24) is 4.98 Å². The van der Waals surface area contributed by atoms with Gasteiger partial charge in [-0.2, -0.15) is 0 Å². The van der Waals surface area contributed by atoms with Crippen molar-refractivity contribution in [2.75, 3.05) is 33.5 Å². The molecule has 1 aromatic rings. The number of hydrogen-bond donors (Lipinski definition) is 1. The molecule has 0 saturated carbocycles. The van der Waals surface area contributed by atoms with E-state index in [0.717, 1.165) is 17.7 Å². The zero-order chi connectivity index (χ0) is 13.2. The van der Waals surface area contributed by atoms with Crippen LogP contribution in [0.1, 0.15) is 17.7 Å². The van der Waals surface area contributed by atoms with Crippen LogP contribution < -0.4 is 10.5 Å².